The summed E-state index contributed by atoms with van der Waals surface area (Å²) in [5.41, 5.74) is 1.70. The molecule has 0 atom stereocenters. The van der Waals surface area contributed by atoms with Crippen LogP contribution in [0.3, 0.4) is 0 Å². The lowest BCUT2D eigenvalue weighted by atomic mass is 9.95. The molecule has 1 saturated carbocycles. The van der Waals surface area contributed by atoms with E-state index in [0.29, 0.717) is 5.56 Å². The quantitative estimate of drug-likeness (QED) is 0.796. The summed E-state index contributed by atoms with van der Waals surface area (Å²) < 4.78 is 10.7. The molecule has 0 aromatic heterocycles. The minimum atomic E-state index is -0.277. The molecule has 0 bridgehead atoms. The van der Waals surface area contributed by atoms with Crippen molar-refractivity contribution >= 4 is 11.9 Å². The second-order valence-corrected chi connectivity index (χ2v) is 5.28. The lowest BCUT2D eigenvalue weighted by molar-refractivity contribution is -0.148. The summed E-state index contributed by atoms with van der Waals surface area (Å²) in [6.07, 6.45) is 2.90. The maximum atomic E-state index is 12.0. The Morgan fingerprint density at radius 1 is 0.950 bits per heavy atom. The molecule has 4 heteroatoms. The van der Waals surface area contributed by atoms with Crippen molar-refractivity contribution in [2.75, 3.05) is 0 Å². The average molecular weight is 276 g/mol. The van der Waals surface area contributed by atoms with Gasteiger partial charge in [-0.3, -0.25) is 4.79 Å². The third kappa shape index (κ3) is 4.08. The number of rotatable bonds is 3. The fraction of sp³-hybridized carbons (Fsp3) is 0.500. The van der Waals surface area contributed by atoms with Gasteiger partial charge in [0.15, 0.2) is 0 Å². The first-order chi connectivity index (χ1) is 9.54. The maximum Gasteiger partial charge on any atom is 0.338 e. The predicted molar refractivity (Wildman–Crippen MR) is 74.4 cm³/mol. The van der Waals surface area contributed by atoms with Crippen LogP contribution in [-0.4, -0.2) is 24.1 Å². The molecule has 2 rings (SSSR count). The van der Waals surface area contributed by atoms with Gasteiger partial charge in [0.2, 0.25) is 0 Å². The van der Waals surface area contributed by atoms with Crippen LogP contribution in [0.5, 0.6) is 0 Å². The van der Waals surface area contributed by atoms with Crippen molar-refractivity contribution in [1.82, 2.24) is 0 Å². The molecule has 0 spiro atoms. The maximum absolute atomic E-state index is 12.0. The normalized spacial score (nSPS) is 22.1. The predicted octanol–water partition coefficient (Wildman–Crippen LogP) is 3.03. The van der Waals surface area contributed by atoms with Crippen molar-refractivity contribution in [1.29, 1.82) is 0 Å². The molecule has 1 aliphatic rings. The molecule has 0 N–H and O–H groups in total. The molecule has 1 aromatic carbocycles. The van der Waals surface area contributed by atoms with Crippen molar-refractivity contribution in [3.05, 3.63) is 35.4 Å². The monoisotopic (exact) mass is 276 g/mol. The van der Waals surface area contributed by atoms with Gasteiger partial charge in [-0.2, -0.15) is 0 Å². The van der Waals surface area contributed by atoms with Crippen LogP contribution in [-0.2, 0) is 14.3 Å². The lowest BCUT2D eigenvalue weighted by Crippen LogP contribution is -2.29. The largest absolute Gasteiger partial charge is 0.463 e. The van der Waals surface area contributed by atoms with Crippen LogP contribution in [0.4, 0.5) is 0 Å². The fourth-order valence-corrected chi connectivity index (χ4v) is 2.41. The second kappa shape index (κ2) is 6.55. The van der Waals surface area contributed by atoms with Gasteiger partial charge in [0.1, 0.15) is 12.2 Å². The number of benzene rings is 1. The van der Waals surface area contributed by atoms with E-state index < -0.39 is 0 Å². The number of ether oxygens (including phenoxy) is 2. The SMILES string of the molecule is CC(=O)OC1CCC(OC(=O)c2ccc(C)cc2)CC1. The summed E-state index contributed by atoms with van der Waals surface area (Å²) in [7, 11) is 0. The molecule has 0 radical (unpaired) electrons. The van der Waals surface area contributed by atoms with Crippen molar-refractivity contribution in [2.24, 2.45) is 0 Å². The Hall–Kier alpha value is -1.84. The van der Waals surface area contributed by atoms with E-state index in [2.05, 4.69) is 0 Å². The van der Waals surface area contributed by atoms with Crippen LogP contribution < -0.4 is 0 Å². The number of aryl methyl sites for hydroxylation is 1. The summed E-state index contributed by atoms with van der Waals surface area (Å²) in [5, 5.41) is 0. The van der Waals surface area contributed by atoms with Crippen LogP contribution in [0, 0.1) is 6.92 Å². The number of carbonyl (C=O) groups excluding carboxylic acids is 2. The van der Waals surface area contributed by atoms with Crippen LogP contribution in [0.25, 0.3) is 0 Å². The van der Waals surface area contributed by atoms with Crippen molar-refractivity contribution < 1.29 is 19.1 Å². The fourth-order valence-electron chi connectivity index (χ4n) is 2.41. The van der Waals surface area contributed by atoms with Gasteiger partial charge in [0.05, 0.1) is 5.56 Å². The molecular formula is C16H20O4. The highest BCUT2D eigenvalue weighted by Crippen LogP contribution is 2.24. The van der Waals surface area contributed by atoms with Gasteiger partial charge < -0.3 is 9.47 Å². The van der Waals surface area contributed by atoms with E-state index in [1.807, 2.05) is 19.1 Å². The number of hydrogen-bond donors (Lipinski definition) is 0. The van der Waals surface area contributed by atoms with Crippen molar-refractivity contribution in [2.45, 2.75) is 51.7 Å². The molecule has 0 unspecified atom stereocenters. The Kier molecular flexibility index (Phi) is 4.77. The first-order valence-corrected chi connectivity index (χ1v) is 6.99. The Morgan fingerprint density at radius 3 is 1.95 bits per heavy atom. The van der Waals surface area contributed by atoms with E-state index in [9.17, 15) is 9.59 Å². The Bertz CT molecular complexity index is 470. The number of esters is 2. The summed E-state index contributed by atoms with van der Waals surface area (Å²) in [6, 6.07) is 7.35. The van der Waals surface area contributed by atoms with Gasteiger partial charge in [0.25, 0.3) is 0 Å². The molecule has 1 aromatic rings. The smallest absolute Gasteiger partial charge is 0.338 e. The van der Waals surface area contributed by atoms with Crippen LogP contribution in [0.15, 0.2) is 24.3 Å². The number of hydrogen-bond acceptors (Lipinski definition) is 4. The van der Waals surface area contributed by atoms with Crippen LogP contribution in [0.1, 0.15) is 48.5 Å². The van der Waals surface area contributed by atoms with E-state index in [1.54, 1.807) is 12.1 Å². The minimum absolute atomic E-state index is 0.0261. The standard InChI is InChI=1S/C16H20O4/c1-11-3-5-13(6-4-11)16(18)20-15-9-7-14(8-10-15)19-12(2)17/h3-6,14-15H,7-10H2,1-2H3. The average Bonchev–Trinajstić information content (AvgIpc) is 2.41. The van der Waals surface area contributed by atoms with Crippen LogP contribution in [0.2, 0.25) is 0 Å². The van der Waals surface area contributed by atoms with E-state index in [0.717, 1.165) is 31.2 Å². The van der Waals surface area contributed by atoms with Gasteiger partial charge in [-0.15, -0.1) is 0 Å². The lowest BCUT2D eigenvalue weighted by Gasteiger charge is -2.27. The Balaban J connectivity index is 1.82. The van der Waals surface area contributed by atoms with Gasteiger partial charge in [0, 0.05) is 6.92 Å². The van der Waals surface area contributed by atoms with E-state index in [4.69, 9.17) is 9.47 Å². The first-order valence-electron chi connectivity index (χ1n) is 6.99. The molecule has 1 fully saturated rings. The minimum Gasteiger partial charge on any atom is -0.463 e. The van der Waals surface area contributed by atoms with E-state index in [-0.39, 0.29) is 24.1 Å². The van der Waals surface area contributed by atoms with E-state index in [1.165, 1.54) is 6.92 Å². The van der Waals surface area contributed by atoms with E-state index >= 15 is 0 Å². The van der Waals surface area contributed by atoms with Crippen LogP contribution >= 0.6 is 0 Å². The molecule has 0 saturated heterocycles. The Morgan fingerprint density at radius 2 is 1.45 bits per heavy atom. The first kappa shape index (κ1) is 14.6. The zero-order valence-corrected chi connectivity index (χ0v) is 11.9. The number of carbonyl (C=O) groups is 2. The summed E-state index contributed by atoms with van der Waals surface area (Å²) in [6.45, 7) is 3.40. The highest BCUT2D eigenvalue weighted by molar-refractivity contribution is 5.89. The molecule has 20 heavy (non-hydrogen) atoms. The highest BCUT2D eigenvalue weighted by atomic mass is 16.6. The van der Waals surface area contributed by atoms with Crippen molar-refractivity contribution in [3.63, 3.8) is 0 Å². The third-order valence-corrected chi connectivity index (χ3v) is 3.51. The molecule has 108 valence electrons. The van der Waals surface area contributed by atoms with Gasteiger partial charge in [-0.05, 0) is 44.7 Å². The highest BCUT2D eigenvalue weighted by Gasteiger charge is 2.25. The summed E-state index contributed by atoms with van der Waals surface area (Å²) in [4.78, 5) is 22.9. The molecular weight excluding hydrogens is 256 g/mol. The summed E-state index contributed by atoms with van der Waals surface area (Å²) in [5.74, 6) is -0.522. The zero-order valence-electron chi connectivity index (χ0n) is 11.9. The van der Waals surface area contributed by atoms with Gasteiger partial charge in [-0.1, -0.05) is 17.7 Å². The third-order valence-electron chi connectivity index (χ3n) is 3.51. The van der Waals surface area contributed by atoms with Gasteiger partial charge >= 0.3 is 11.9 Å². The molecule has 0 amide bonds. The van der Waals surface area contributed by atoms with Crippen molar-refractivity contribution in [3.8, 4) is 0 Å². The molecule has 4 nitrogen and oxygen atoms in total. The Labute approximate surface area is 119 Å². The topological polar surface area (TPSA) is 52.6 Å². The molecule has 1 aliphatic carbocycles. The molecule has 0 heterocycles. The zero-order chi connectivity index (χ0) is 14.5. The molecule has 0 aliphatic heterocycles. The second-order valence-electron chi connectivity index (χ2n) is 5.28. The van der Waals surface area contributed by atoms with Gasteiger partial charge in [-0.25, -0.2) is 4.79 Å². The summed E-state index contributed by atoms with van der Waals surface area (Å²) >= 11 is 0.